The summed E-state index contributed by atoms with van der Waals surface area (Å²) in [4.78, 5) is 21.4. The lowest BCUT2D eigenvalue weighted by Gasteiger charge is -2.32. The third-order valence-corrected chi connectivity index (χ3v) is 5.38. The number of carbonyl (C=O) groups excluding carboxylic acids is 1. The van der Waals surface area contributed by atoms with Crippen molar-refractivity contribution in [3.8, 4) is 0 Å². The van der Waals surface area contributed by atoms with E-state index >= 15 is 0 Å². The molecular weight excluding hydrogens is 356 g/mol. The van der Waals surface area contributed by atoms with Crippen molar-refractivity contribution in [2.45, 2.75) is 33.7 Å². The molecule has 5 nitrogen and oxygen atoms in total. The van der Waals surface area contributed by atoms with E-state index in [-0.39, 0.29) is 11.3 Å². The second-order valence-electron chi connectivity index (χ2n) is 6.93. The summed E-state index contributed by atoms with van der Waals surface area (Å²) in [6.45, 7) is 11.1. The summed E-state index contributed by atoms with van der Waals surface area (Å²) in [5.74, 6) is 0.643. The number of hydrogen-bond acceptors (Lipinski definition) is 4. The van der Waals surface area contributed by atoms with E-state index in [9.17, 15) is 4.79 Å². The summed E-state index contributed by atoms with van der Waals surface area (Å²) in [6, 6.07) is 1.98. The zero-order valence-corrected chi connectivity index (χ0v) is 16.1. The maximum Gasteiger partial charge on any atom is 0.231 e. The summed E-state index contributed by atoms with van der Waals surface area (Å²) in [6.07, 6.45) is 2.57. The van der Waals surface area contributed by atoms with Gasteiger partial charge in [0.2, 0.25) is 5.91 Å². The normalized spacial score (nSPS) is 17.3. The number of nitrogens with zero attached hydrogens (tertiary/aromatic N) is 3. The van der Waals surface area contributed by atoms with Gasteiger partial charge in [-0.05, 0) is 41.0 Å². The highest BCUT2D eigenvalue weighted by atomic mass is 79.9. The molecule has 1 aromatic rings. The van der Waals surface area contributed by atoms with E-state index in [0.717, 1.165) is 49.2 Å². The van der Waals surface area contributed by atoms with Crippen LogP contribution in [0, 0.1) is 5.41 Å². The topological polar surface area (TPSA) is 48.5 Å². The largest absolute Gasteiger partial charge is 0.310 e. The van der Waals surface area contributed by atoms with Crippen molar-refractivity contribution in [3.05, 3.63) is 22.3 Å². The lowest BCUT2D eigenvalue weighted by Crippen LogP contribution is -2.43. The molecular formula is C17H27BrN4O. The van der Waals surface area contributed by atoms with Crippen LogP contribution in [-0.4, -0.2) is 53.9 Å². The van der Waals surface area contributed by atoms with Crippen LogP contribution in [0.25, 0.3) is 0 Å². The number of hydrogen-bond donors (Lipinski definition) is 1. The van der Waals surface area contributed by atoms with Gasteiger partial charge in [-0.15, -0.1) is 0 Å². The molecule has 0 aromatic carbocycles. The minimum atomic E-state index is -0.383. The van der Waals surface area contributed by atoms with Gasteiger partial charge in [-0.2, -0.15) is 0 Å². The molecule has 2 rings (SSSR count). The van der Waals surface area contributed by atoms with Crippen molar-refractivity contribution in [3.63, 3.8) is 0 Å². The van der Waals surface area contributed by atoms with Gasteiger partial charge in [-0.1, -0.05) is 20.8 Å². The van der Waals surface area contributed by atoms with Crippen molar-refractivity contribution in [1.29, 1.82) is 0 Å². The molecule has 1 aromatic heterocycles. The summed E-state index contributed by atoms with van der Waals surface area (Å²) in [7, 11) is 2.16. The molecule has 1 saturated heterocycles. The van der Waals surface area contributed by atoms with Crippen molar-refractivity contribution >= 4 is 27.7 Å². The van der Waals surface area contributed by atoms with Crippen molar-refractivity contribution in [1.82, 2.24) is 14.8 Å². The van der Waals surface area contributed by atoms with Gasteiger partial charge in [-0.25, -0.2) is 4.98 Å². The quantitative estimate of drug-likeness (QED) is 0.850. The van der Waals surface area contributed by atoms with Crippen LogP contribution in [-0.2, 0) is 11.3 Å². The van der Waals surface area contributed by atoms with Gasteiger partial charge < -0.3 is 10.2 Å². The number of aromatic nitrogens is 1. The zero-order valence-electron chi connectivity index (χ0n) is 14.5. The number of pyridine rings is 1. The Morgan fingerprint density at radius 3 is 2.61 bits per heavy atom. The van der Waals surface area contributed by atoms with E-state index in [0.29, 0.717) is 5.82 Å². The van der Waals surface area contributed by atoms with Gasteiger partial charge in [0.1, 0.15) is 5.82 Å². The van der Waals surface area contributed by atoms with E-state index in [1.165, 1.54) is 0 Å². The maximum atomic E-state index is 12.3. The fourth-order valence-corrected chi connectivity index (χ4v) is 2.71. The Bertz CT molecular complexity index is 554. The third kappa shape index (κ3) is 4.99. The average Bonchev–Trinajstić information content (AvgIpc) is 2.52. The molecule has 128 valence electrons. The molecule has 1 aliphatic heterocycles. The monoisotopic (exact) mass is 382 g/mol. The van der Waals surface area contributed by atoms with Crippen LogP contribution in [0.1, 0.15) is 32.8 Å². The van der Waals surface area contributed by atoms with E-state index in [1.807, 2.05) is 26.8 Å². The van der Waals surface area contributed by atoms with Crippen LogP contribution >= 0.6 is 15.9 Å². The van der Waals surface area contributed by atoms with Crippen LogP contribution in [0.4, 0.5) is 5.82 Å². The summed E-state index contributed by atoms with van der Waals surface area (Å²) in [5, 5.41) is 2.95. The Kier molecular flexibility index (Phi) is 6.17. The van der Waals surface area contributed by atoms with Gasteiger partial charge in [0.05, 0.1) is 0 Å². The van der Waals surface area contributed by atoms with E-state index in [2.05, 4.69) is 43.1 Å². The molecule has 0 atom stereocenters. The van der Waals surface area contributed by atoms with Crippen LogP contribution in [0.5, 0.6) is 0 Å². The molecule has 0 saturated carbocycles. The second kappa shape index (κ2) is 7.73. The predicted octanol–water partition coefficient (Wildman–Crippen LogP) is 2.97. The fraction of sp³-hybridized carbons (Fsp3) is 0.647. The van der Waals surface area contributed by atoms with Crippen molar-refractivity contribution in [2.24, 2.45) is 5.41 Å². The summed E-state index contributed by atoms with van der Waals surface area (Å²) >= 11 is 3.58. The third-order valence-electron chi connectivity index (χ3n) is 4.66. The molecule has 1 fully saturated rings. The van der Waals surface area contributed by atoms with Crippen molar-refractivity contribution in [2.75, 3.05) is 38.5 Å². The van der Waals surface area contributed by atoms with Crippen molar-refractivity contribution < 1.29 is 4.79 Å². The number of amides is 1. The van der Waals surface area contributed by atoms with E-state index in [1.54, 1.807) is 6.20 Å². The molecule has 1 aliphatic rings. The number of anilines is 1. The first-order valence-electron chi connectivity index (χ1n) is 8.18. The highest BCUT2D eigenvalue weighted by Crippen LogP contribution is 2.24. The number of rotatable bonds is 5. The molecule has 6 heteroatoms. The molecule has 2 heterocycles. The maximum absolute atomic E-state index is 12.3. The highest BCUT2D eigenvalue weighted by molar-refractivity contribution is 9.10. The standard InChI is InChI=1S/C17H27BrN4O/c1-5-17(2,3)16(23)20-15-10-13(14(18)11-19-15)12-22-8-6-21(4)7-9-22/h10-11H,5-9,12H2,1-4H3,(H,19,20,23). The Morgan fingerprint density at radius 1 is 1.35 bits per heavy atom. The predicted molar refractivity (Wildman–Crippen MR) is 97.4 cm³/mol. The minimum Gasteiger partial charge on any atom is -0.310 e. The minimum absolute atomic E-state index is 0.0142. The van der Waals surface area contributed by atoms with Crippen LogP contribution in [0.2, 0.25) is 0 Å². The SMILES string of the molecule is CCC(C)(C)C(=O)Nc1cc(CN2CCN(C)CC2)c(Br)cn1. The molecule has 23 heavy (non-hydrogen) atoms. The number of nitrogens with one attached hydrogen (secondary N) is 1. The lowest BCUT2D eigenvalue weighted by molar-refractivity contribution is -0.124. The molecule has 1 amide bonds. The summed E-state index contributed by atoms with van der Waals surface area (Å²) in [5.41, 5.74) is 0.779. The molecule has 0 aliphatic carbocycles. The molecule has 0 radical (unpaired) electrons. The fourth-order valence-electron chi connectivity index (χ4n) is 2.36. The van der Waals surface area contributed by atoms with E-state index in [4.69, 9.17) is 0 Å². The number of piperazine rings is 1. The number of carbonyl (C=O) groups is 1. The lowest BCUT2D eigenvalue weighted by atomic mass is 9.89. The van der Waals surface area contributed by atoms with Gasteiger partial charge >= 0.3 is 0 Å². The Hall–Kier alpha value is -0.980. The Labute approximate surface area is 147 Å². The second-order valence-corrected chi connectivity index (χ2v) is 7.79. The Balaban J connectivity index is 2.05. The van der Waals surface area contributed by atoms with Gasteiger partial charge in [0, 0.05) is 48.8 Å². The Morgan fingerprint density at radius 2 is 2.00 bits per heavy atom. The van der Waals surface area contributed by atoms with Gasteiger partial charge in [-0.3, -0.25) is 9.69 Å². The molecule has 0 spiro atoms. The number of halogens is 1. The molecule has 0 bridgehead atoms. The van der Waals surface area contributed by atoms with Gasteiger partial charge in [0.15, 0.2) is 0 Å². The highest BCUT2D eigenvalue weighted by Gasteiger charge is 2.25. The van der Waals surface area contributed by atoms with Crippen LogP contribution in [0.3, 0.4) is 0 Å². The zero-order chi connectivity index (χ0) is 17.0. The average molecular weight is 383 g/mol. The molecule has 1 N–H and O–H groups in total. The first kappa shape index (κ1) is 18.4. The van der Waals surface area contributed by atoms with Crippen LogP contribution < -0.4 is 5.32 Å². The van der Waals surface area contributed by atoms with E-state index < -0.39 is 0 Å². The molecule has 0 unspecified atom stereocenters. The number of likely N-dealkylation sites (N-methyl/N-ethyl adjacent to an activating group) is 1. The van der Waals surface area contributed by atoms with Gasteiger partial charge in [0.25, 0.3) is 0 Å². The summed E-state index contributed by atoms with van der Waals surface area (Å²) < 4.78 is 0.990. The van der Waals surface area contributed by atoms with Crippen LogP contribution in [0.15, 0.2) is 16.7 Å². The first-order valence-corrected chi connectivity index (χ1v) is 8.98. The first-order chi connectivity index (χ1) is 10.8. The smallest absolute Gasteiger partial charge is 0.231 e.